The van der Waals surface area contributed by atoms with E-state index in [4.69, 9.17) is 5.11 Å². The van der Waals surface area contributed by atoms with Crippen molar-refractivity contribution in [2.75, 3.05) is 31.7 Å². The fraction of sp³-hybridized carbons (Fsp3) is 0.389. The summed E-state index contributed by atoms with van der Waals surface area (Å²) < 4.78 is 0. The zero-order valence-corrected chi connectivity index (χ0v) is 14.3. The molecule has 0 bridgehead atoms. The van der Waals surface area contributed by atoms with Crippen molar-refractivity contribution >= 4 is 28.6 Å². The van der Waals surface area contributed by atoms with Crippen LogP contribution in [0.4, 0.5) is 4.79 Å². The van der Waals surface area contributed by atoms with Gasteiger partial charge in [-0.1, -0.05) is 42.5 Å². The number of thioether (sulfide) groups is 1. The lowest BCUT2D eigenvalue weighted by Gasteiger charge is -2.23. The smallest absolute Gasteiger partial charge is 0.317 e. The highest BCUT2D eigenvalue weighted by Crippen LogP contribution is 2.20. The number of nitrogens with zero attached hydrogens (tertiary/aromatic N) is 1. The van der Waals surface area contributed by atoms with E-state index in [2.05, 4.69) is 29.6 Å². The van der Waals surface area contributed by atoms with E-state index in [1.807, 2.05) is 24.5 Å². The van der Waals surface area contributed by atoms with Crippen LogP contribution in [0.25, 0.3) is 10.8 Å². The Kier molecular flexibility index (Phi) is 7.23. The van der Waals surface area contributed by atoms with Gasteiger partial charge in [-0.15, -0.1) is 0 Å². The predicted molar refractivity (Wildman–Crippen MR) is 97.8 cm³/mol. The number of nitrogens with one attached hydrogen (secondary N) is 1. The molecule has 2 amide bonds. The van der Waals surface area contributed by atoms with Gasteiger partial charge in [-0.2, -0.15) is 11.8 Å². The largest absolute Gasteiger partial charge is 0.396 e. The van der Waals surface area contributed by atoms with Crippen LogP contribution in [-0.2, 0) is 6.54 Å². The predicted octanol–water partition coefficient (Wildman–Crippen LogP) is 3.10. The first kappa shape index (κ1) is 17.6. The van der Waals surface area contributed by atoms with Crippen LogP contribution in [0, 0.1) is 0 Å². The van der Waals surface area contributed by atoms with Crippen molar-refractivity contribution in [3.8, 4) is 0 Å². The highest BCUT2D eigenvalue weighted by molar-refractivity contribution is 7.98. The fourth-order valence-electron chi connectivity index (χ4n) is 2.52. The van der Waals surface area contributed by atoms with Gasteiger partial charge in [0.05, 0.1) is 0 Å². The molecule has 2 N–H and O–H groups in total. The highest BCUT2D eigenvalue weighted by atomic mass is 32.2. The molecule has 0 aliphatic heterocycles. The molecule has 2 aromatic carbocycles. The fourth-order valence-corrected chi connectivity index (χ4v) is 2.83. The van der Waals surface area contributed by atoms with Gasteiger partial charge in [-0.3, -0.25) is 0 Å². The minimum Gasteiger partial charge on any atom is -0.396 e. The van der Waals surface area contributed by atoms with Crippen LogP contribution in [0.5, 0.6) is 0 Å². The van der Waals surface area contributed by atoms with Gasteiger partial charge in [0.1, 0.15) is 0 Å². The number of fused-ring (bicyclic) bond motifs is 1. The van der Waals surface area contributed by atoms with E-state index in [1.54, 1.807) is 16.7 Å². The standard InChI is InChI=1S/C18H24N2O2S/c1-23-13-10-19-18(22)20(11-5-12-21)14-16-8-4-7-15-6-2-3-9-17(15)16/h2-4,6-9,21H,5,10-14H2,1H3,(H,19,22). The monoisotopic (exact) mass is 332 g/mol. The van der Waals surface area contributed by atoms with Gasteiger partial charge in [-0.25, -0.2) is 4.79 Å². The Bertz CT molecular complexity index is 628. The van der Waals surface area contributed by atoms with Crippen LogP contribution in [0.15, 0.2) is 42.5 Å². The molecule has 0 saturated heterocycles. The third kappa shape index (κ3) is 5.15. The molecule has 5 heteroatoms. The van der Waals surface area contributed by atoms with E-state index < -0.39 is 0 Å². The van der Waals surface area contributed by atoms with Crippen molar-refractivity contribution in [1.29, 1.82) is 0 Å². The molecule has 0 radical (unpaired) electrons. The van der Waals surface area contributed by atoms with E-state index in [0.29, 0.717) is 26.1 Å². The number of carbonyl (C=O) groups is 1. The van der Waals surface area contributed by atoms with Crippen LogP contribution in [0.1, 0.15) is 12.0 Å². The summed E-state index contributed by atoms with van der Waals surface area (Å²) in [5.41, 5.74) is 1.13. The molecule has 0 fully saturated rings. The average Bonchev–Trinajstić information content (AvgIpc) is 2.58. The summed E-state index contributed by atoms with van der Waals surface area (Å²) in [4.78, 5) is 14.2. The molecular weight excluding hydrogens is 308 g/mol. The van der Waals surface area contributed by atoms with Gasteiger partial charge >= 0.3 is 6.03 Å². The summed E-state index contributed by atoms with van der Waals surface area (Å²) >= 11 is 1.71. The lowest BCUT2D eigenvalue weighted by Crippen LogP contribution is -2.41. The van der Waals surface area contributed by atoms with E-state index in [9.17, 15) is 4.79 Å². The van der Waals surface area contributed by atoms with Gasteiger partial charge < -0.3 is 15.3 Å². The second-order valence-corrected chi connectivity index (χ2v) is 6.35. The van der Waals surface area contributed by atoms with Crippen molar-refractivity contribution in [2.45, 2.75) is 13.0 Å². The SMILES string of the molecule is CSCCNC(=O)N(CCCO)Cc1cccc2ccccc12. The zero-order chi connectivity index (χ0) is 16.5. The first-order valence-corrected chi connectivity index (χ1v) is 9.25. The summed E-state index contributed by atoms with van der Waals surface area (Å²) in [6.45, 7) is 1.84. The van der Waals surface area contributed by atoms with Crippen LogP contribution in [-0.4, -0.2) is 47.7 Å². The molecule has 23 heavy (non-hydrogen) atoms. The molecule has 2 rings (SSSR count). The molecule has 0 aromatic heterocycles. The maximum atomic E-state index is 12.4. The molecule has 0 saturated carbocycles. The normalized spacial score (nSPS) is 10.7. The molecular formula is C18H24N2O2S. The van der Waals surface area contributed by atoms with Gasteiger partial charge in [-0.05, 0) is 29.0 Å². The zero-order valence-electron chi connectivity index (χ0n) is 13.5. The maximum Gasteiger partial charge on any atom is 0.317 e. The quantitative estimate of drug-likeness (QED) is 0.730. The third-order valence-electron chi connectivity index (χ3n) is 3.70. The Morgan fingerprint density at radius 3 is 2.78 bits per heavy atom. The molecule has 0 aliphatic rings. The van der Waals surface area contributed by atoms with E-state index >= 15 is 0 Å². The second-order valence-electron chi connectivity index (χ2n) is 5.36. The highest BCUT2D eigenvalue weighted by Gasteiger charge is 2.14. The number of amides is 2. The lowest BCUT2D eigenvalue weighted by atomic mass is 10.0. The van der Waals surface area contributed by atoms with E-state index in [-0.39, 0.29) is 12.6 Å². The number of carbonyl (C=O) groups excluding carboxylic acids is 1. The summed E-state index contributed by atoms with van der Waals surface area (Å²) in [6.07, 6.45) is 2.60. The lowest BCUT2D eigenvalue weighted by molar-refractivity contribution is 0.187. The molecule has 0 heterocycles. The first-order valence-electron chi connectivity index (χ1n) is 7.85. The van der Waals surface area contributed by atoms with Crippen molar-refractivity contribution < 1.29 is 9.90 Å². The van der Waals surface area contributed by atoms with Crippen LogP contribution in [0.3, 0.4) is 0 Å². The van der Waals surface area contributed by atoms with Gasteiger partial charge in [0, 0.05) is 32.0 Å². The minimum atomic E-state index is -0.0690. The van der Waals surface area contributed by atoms with Gasteiger partial charge in [0.2, 0.25) is 0 Å². The summed E-state index contributed by atoms with van der Waals surface area (Å²) in [5, 5.41) is 14.4. The van der Waals surface area contributed by atoms with Crippen LogP contribution < -0.4 is 5.32 Å². The molecule has 124 valence electrons. The van der Waals surface area contributed by atoms with Crippen molar-refractivity contribution in [2.24, 2.45) is 0 Å². The Morgan fingerprint density at radius 2 is 2.00 bits per heavy atom. The summed E-state index contributed by atoms with van der Waals surface area (Å²) in [7, 11) is 0. The van der Waals surface area contributed by atoms with Crippen LogP contribution >= 0.6 is 11.8 Å². The van der Waals surface area contributed by atoms with Crippen molar-refractivity contribution in [3.05, 3.63) is 48.0 Å². The maximum absolute atomic E-state index is 12.4. The summed E-state index contributed by atoms with van der Waals surface area (Å²) in [6, 6.07) is 14.3. The van der Waals surface area contributed by atoms with Crippen LogP contribution in [0.2, 0.25) is 0 Å². The van der Waals surface area contributed by atoms with Gasteiger partial charge in [0.25, 0.3) is 0 Å². The van der Waals surface area contributed by atoms with Crippen molar-refractivity contribution in [1.82, 2.24) is 10.2 Å². The third-order valence-corrected chi connectivity index (χ3v) is 4.31. The van der Waals surface area contributed by atoms with Gasteiger partial charge in [0.15, 0.2) is 0 Å². The number of hydrogen-bond acceptors (Lipinski definition) is 3. The second kappa shape index (κ2) is 9.43. The van der Waals surface area contributed by atoms with E-state index in [0.717, 1.165) is 11.3 Å². The number of aliphatic hydroxyl groups is 1. The molecule has 2 aromatic rings. The molecule has 0 unspecified atom stereocenters. The number of rotatable bonds is 8. The number of aliphatic hydroxyl groups excluding tert-OH is 1. The molecule has 0 aliphatic carbocycles. The molecule has 0 spiro atoms. The Balaban J connectivity index is 2.13. The average molecular weight is 332 g/mol. The molecule has 4 nitrogen and oxygen atoms in total. The Labute approximate surface area is 141 Å². The van der Waals surface area contributed by atoms with Crippen molar-refractivity contribution in [3.63, 3.8) is 0 Å². The topological polar surface area (TPSA) is 52.6 Å². The first-order chi connectivity index (χ1) is 11.3. The number of benzene rings is 2. The summed E-state index contributed by atoms with van der Waals surface area (Å²) in [5.74, 6) is 0.897. The minimum absolute atomic E-state index is 0.0690. The Morgan fingerprint density at radius 1 is 1.22 bits per heavy atom. The van der Waals surface area contributed by atoms with E-state index in [1.165, 1.54) is 10.8 Å². The number of hydrogen-bond donors (Lipinski definition) is 2. The number of urea groups is 1. The molecule has 0 atom stereocenters. The Hall–Kier alpha value is -1.72.